The Morgan fingerprint density at radius 2 is 1.85 bits per heavy atom. The van der Waals surface area contributed by atoms with Crippen molar-refractivity contribution < 1.29 is 14.3 Å². The number of carbonyl (C=O) groups excluding carboxylic acids is 2. The van der Waals surface area contributed by atoms with Gasteiger partial charge >= 0.3 is 0 Å². The minimum atomic E-state index is -0.174. The maximum absolute atomic E-state index is 12.4. The van der Waals surface area contributed by atoms with Crippen LogP contribution in [0.3, 0.4) is 0 Å². The number of fused-ring (bicyclic) bond motifs is 1. The van der Waals surface area contributed by atoms with Gasteiger partial charge in [-0.2, -0.15) is 0 Å². The first-order chi connectivity index (χ1) is 12.7. The van der Waals surface area contributed by atoms with Crippen molar-refractivity contribution in [3.8, 4) is 5.75 Å². The van der Waals surface area contributed by atoms with Gasteiger partial charge in [0.15, 0.2) is 5.78 Å². The van der Waals surface area contributed by atoms with Crippen LogP contribution in [0, 0.1) is 0 Å². The van der Waals surface area contributed by atoms with Crippen LogP contribution in [0.1, 0.15) is 54.1 Å². The molecule has 0 unspecified atom stereocenters. The van der Waals surface area contributed by atoms with Gasteiger partial charge in [-0.3, -0.25) is 9.59 Å². The number of ketones is 1. The molecule has 0 saturated heterocycles. The van der Waals surface area contributed by atoms with E-state index in [1.165, 1.54) is 11.1 Å². The number of Topliss-reactive ketones (excluding diaryl/α,β-unsaturated/α-hetero) is 1. The average molecular weight is 351 g/mol. The quantitative estimate of drug-likeness (QED) is 0.709. The van der Waals surface area contributed by atoms with Crippen LogP contribution in [0.4, 0.5) is 5.69 Å². The first-order valence-corrected chi connectivity index (χ1v) is 9.34. The van der Waals surface area contributed by atoms with E-state index in [0.29, 0.717) is 23.6 Å². The highest BCUT2D eigenvalue weighted by molar-refractivity contribution is 6.00. The van der Waals surface area contributed by atoms with E-state index in [1.54, 1.807) is 0 Å². The van der Waals surface area contributed by atoms with Crippen LogP contribution in [-0.4, -0.2) is 18.3 Å². The second-order valence-electron chi connectivity index (χ2n) is 6.65. The predicted molar refractivity (Wildman–Crippen MR) is 103 cm³/mol. The number of benzene rings is 2. The van der Waals surface area contributed by atoms with Crippen LogP contribution >= 0.6 is 0 Å². The zero-order valence-electron chi connectivity index (χ0n) is 15.2. The minimum Gasteiger partial charge on any atom is -0.491 e. The standard InChI is InChI=1S/C22H25NO3/c1-2-14-26-21-9-4-3-8-19(21)23-22(25)13-12-20(24)18-11-10-16-6-5-7-17(16)15-18/h3-4,8-11,15H,2,5-7,12-14H2,1H3,(H,23,25). The van der Waals surface area contributed by atoms with Gasteiger partial charge in [0.25, 0.3) is 0 Å². The third-order valence-corrected chi connectivity index (χ3v) is 4.62. The summed E-state index contributed by atoms with van der Waals surface area (Å²) in [7, 11) is 0. The molecule has 1 amide bonds. The fraction of sp³-hybridized carbons (Fsp3) is 0.364. The maximum atomic E-state index is 12.4. The molecule has 0 aliphatic heterocycles. The molecule has 1 N–H and O–H groups in total. The first-order valence-electron chi connectivity index (χ1n) is 9.34. The number of para-hydroxylation sites is 2. The summed E-state index contributed by atoms with van der Waals surface area (Å²) in [6.07, 6.45) is 4.59. The van der Waals surface area contributed by atoms with Crippen LogP contribution < -0.4 is 10.1 Å². The highest BCUT2D eigenvalue weighted by atomic mass is 16.5. The van der Waals surface area contributed by atoms with Crippen LogP contribution in [0.5, 0.6) is 5.75 Å². The van der Waals surface area contributed by atoms with Crippen LogP contribution in [-0.2, 0) is 17.6 Å². The number of rotatable bonds is 8. The van der Waals surface area contributed by atoms with Gasteiger partial charge in [-0.15, -0.1) is 0 Å². The molecule has 4 heteroatoms. The molecule has 0 spiro atoms. The van der Waals surface area contributed by atoms with E-state index in [0.717, 1.165) is 25.7 Å². The lowest BCUT2D eigenvalue weighted by atomic mass is 10.0. The zero-order chi connectivity index (χ0) is 18.4. The van der Waals surface area contributed by atoms with E-state index in [1.807, 2.05) is 43.3 Å². The second kappa shape index (κ2) is 8.65. The third-order valence-electron chi connectivity index (χ3n) is 4.62. The van der Waals surface area contributed by atoms with Gasteiger partial charge in [-0.25, -0.2) is 0 Å². The Morgan fingerprint density at radius 1 is 1.04 bits per heavy atom. The van der Waals surface area contributed by atoms with E-state index in [4.69, 9.17) is 4.74 Å². The molecule has 4 nitrogen and oxygen atoms in total. The maximum Gasteiger partial charge on any atom is 0.224 e. The number of ether oxygens (including phenoxy) is 1. The van der Waals surface area contributed by atoms with Crippen molar-refractivity contribution in [2.24, 2.45) is 0 Å². The van der Waals surface area contributed by atoms with Crippen LogP contribution in [0.2, 0.25) is 0 Å². The molecule has 0 bridgehead atoms. The van der Waals surface area contributed by atoms with Gasteiger partial charge in [0.05, 0.1) is 12.3 Å². The fourth-order valence-corrected chi connectivity index (χ4v) is 3.24. The van der Waals surface area contributed by atoms with Crippen molar-refractivity contribution in [3.05, 3.63) is 59.2 Å². The molecule has 3 rings (SSSR count). The Labute approximate surface area is 154 Å². The molecule has 0 saturated carbocycles. The van der Waals surface area contributed by atoms with Gasteiger partial charge < -0.3 is 10.1 Å². The molecule has 0 fully saturated rings. The van der Waals surface area contributed by atoms with Crippen molar-refractivity contribution >= 4 is 17.4 Å². The second-order valence-corrected chi connectivity index (χ2v) is 6.65. The topological polar surface area (TPSA) is 55.4 Å². The number of carbonyl (C=O) groups is 2. The summed E-state index contributed by atoms with van der Waals surface area (Å²) in [6, 6.07) is 13.3. The van der Waals surface area contributed by atoms with E-state index in [2.05, 4.69) is 11.4 Å². The number of aryl methyl sites for hydroxylation is 2. The molecule has 1 aliphatic carbocycles. The summed E-state index contributed by atoms with van der Waals surface area (Å²) >= 11 is 0. The van der Waals surface area contributed by atoms with Gasteiger partial charge in [0.1, 0.15) is 5.75 Å². The highest BCUT2D eigenvalue weighted by Gasteiger charge is 2.15. The lowest BCUT2D eigenvalue weighted by Crippen LogP contribution is -2.14. The van der Waals surface area contributed by atoms with Crippen LogP contribution in [0.15, 0.2) is 42.5 Å². The van der Waals surface area contributed by atoms with E-state index >= 15 is 0 Å². The lowest BCUT2D eigenvalue weighted by Gasteiger charge is -2.12. The summed E-state index contributed by atoms with van der Waals surface area (Å²) in [6.45, 7) is 2.63. The Morgan fingerprint density at radius 3 is 2.69 bits per heavy atom. The Hall–Kier alpha value is -2.62. The number of anilines is 1. The third kappa shape index (κ3) is 4.51. The van der Waals surface area contributed by atoms with E-state index in [-0.39, 0.29) is 24.5 Å². The average Bonchev–Trinajstić information content (AvgIpc) is 3.13. The summed E-state index contributed by atoms with van der Waals surface area (Å²) in [5.74, 6) is 0.505. The summed E-state index contributed by atoms with van der Waals surface area (Å²) in [5.41, 5.74) is 3.99. The molecule has 0 heterocycles. The Bertz CT molecular complexity index is 798. The lowest BCUT2D eigenvalue weighted by molar-refractivity contribution is -0.116. The van der Waals surface area contributed by atoms with Crippen molar-refractivity contribution in [1.29, 1.82) is 0 Å². The fourth-order valence-electron chi connectivity index (χ4n) is 3.24. The molecular weight excluding hydrogens is 326 g/mol. The molecular formula is C22H25NO3. The predicted octanol–water partition coefficient (Wildman–Crippen LogP) is 4.57. The van der Waals surface area contributed by atoms with Gasteiger partial charge in [-0.05, 0) is 55.0 Å². The van der Waals surface area contributed by atoms with Crippen molar-refractivity contribution in [2.45, 2.75) is 45.4 Å². The molecule has 1 aliphatic rings. The smallest absolute Gasteiger partial charge is 0.224 e. The number of nitrogens with one attached hydrogen (secondary N) is 1. The number of amides is 1. The Balaban J connectivity index is 1.55. The largest absolute Gasteiger partial charge is 0.491 e. The van der Waals surface area contributed by atoms with E-state index < -0.39 is 0 Å². The Kier molecular flexibility index (Phi) is 6.05. The monoisotopic (exact) mass is 351 g/mol. The molecule has 0 atom stereocenters. The van der Waals surface area contributed by atoms with Crippen molar-refractivity contribution in [2.75, 3.05) is 11.9 Å². The van der Waals surface area contributed by atoms with Crippen molar-refractivity contribution in [3.63, 3.8) is 0 Å². The van der Waals surface area contributed by atoms with Gasteiger partial charge in [-0.1, -0.05) is 31.2 Å². The molecule has 2 aromatic carbocycles. The zero-order valence-corrected chi connectivity index (χ0v) is 15.2. The molecule has 2 aromatic rings. The normalized spacial score (nSPS) is 12.5. The number of hydrogen-bond acceptors (Lipinski definition) is 3. The summed E-state index contributed by atoms with van der Waals surface area (Å²) < 4.78 is 5.64. The molecule has 0 radical (unpaired) electrons. The molecule has 136 valence electrons. The van der Waals surface area contributed by atoms with Gasteiger partial charge in [0, 0.05) is 18.4 Å². The minimum absolute atomic E-state index is 0.0189. The highest BCUT2D eigenvalue weighted by Crippen LogP contribution is 2.25. The number of hydrogen-bond donors (Lipinski definition) is 1. The van der Waals surface area contributed by atoms with Crippen LogP contribution in [0.25, 0.3) is 0 Å². The summed E-state index contributed by atoms with van der Waals surface area (Å²) in [4.78, 5) is 24.6. The van der Waals surface area contributed by atoms with E-state index in [9.17, 15) is 9.59 Å². The van der Waals surface area contributed by atoms with Crippen molar-refractivity contribution in [1.82, 2.24) is 0 Å². The first kappa shape index (κ1) is 18.2. The molecule has 26 heavy (non-hydrogen) atoms. The SMILES string of the molecule is CCCOc1ccccc1NC(=O)CCC(=O)c1ccc2c(c1)CCC2. The van der Waals surface area contributed by atoms with Gasteiger partial charge in [0.2, 0.25) is 5.91 Å². The molecule has 0 aromatic heterocycles. The summed E-state index contributed by atoms with van der Waals surface area (Å²) in [5, 5.41) is 2.85.